The van der Waals surface area contributed by atoms with Gasteiger partial charge in [-0.2, -0.15) is 0 Å². The van der Waals surface area contributed by atoms with Gasteiger partial charge < -0.3 is 19.0 Å². The van der Waals surface area contributed by atoms with Crippen molar-refractivity contribution in [1.29, 1.82) is 0 Å². The Morgan fingerprint density at radius 3 is 3.10 bits per heavy atom. The molecule has 0 aliphatic rings. The van der Waals surface area contributed by atoms with Gasteiger partial charge in [-0.3, -0.25) is 0 Å². The van der Waals surface area contributed by atoms with Gasteiger partial charge in [-0.05, 0) is 31.5 Å². The Labute approximate surface area is 117 Å². The lowest BCUT2D eigenvalue weighted by molar-refractivity contribution is 0.0563. The van der Waals surface area contributed by atoms with Gasteiger partial charge in [0.25, 0.3) is 0 Å². The number of unbranched alkanes of at least 4 members (excludes halogenated alkanes) is 1. The Morgan fingerprint density at radius 2 is 2.35 bits per heavy atom. The highest BCUT2D eigenvalue weighted by Crippen LogP contribution is 2.08. The van der Waals surface area contributed by atoms with Crippen LogP contribution in [0.2, 0.25) is 0 Å². The molecule has 0 saturated heterocycles. The van der Waals surface area contributed by atoms with Gasteiger partial charge in [-0.15, -0.1) is 0 Å². The zero-order chi connectivity index (χ0) is 14.2. The van der Waals surface area contributed by atoms with Crippen molar-refractivity contribution in [3.05, 3.63) is 42.4 Å². The normalized spacial score (nSPS) is 10.7. The van der Waals surface area contributed by atoms with Crippen molar-refractivity contribution in [3.63, 3.8) is 0 Å². The first kappa shape index (κ1) is 14.3. The molecule has 2 aromatic rings. The Kier molecular flexibility index (Phi) is 5.37. The summed E-state index contributed by atoms with van der Waals surface area (Å²) in [6.45, 7) is 2.50. The van der Waals surface area contributed by atoms with Crippen LogP contribution in [0.4, 0.5) is 0 Å². The van der Waals surface area contributed by atoms with Crippen molar-refractivity contribution in [2.24, 2.45) is 0 Å². The standard InChI is InChI=1S/C14H19N3O3/c1-19-14(18)13-5-4-12(20-13)10-15-6-2-3-8-17-9-7-16-11-17/h4-5,7,9,11,15H,2-3,6,8,10H2,1H3. The molecule has 2 rings (SSSR count). The zero-order valence-corrected chi connectivity index (χ0v) is 11.5. The average molecular weight is 277 g/mol. The molecule has 6 heteroatoms. The van der Waals surface area contributed by atoms with Crippen LogP contribution in [-0.4, -0.2) is 29.2 Å². The predicted octanol–water partition coefficient (Wildman–Crippen LogP) is 1.83. The summed E-state index contributed by atoms with van der Waals surface area (Å²) < 4.78 is 12.0. The molecule has 0 amide bonds. The molecule has 0 fully saturated rings. The van der Waals surface area contributed by atoms with Crippen molar-refractivity contribution in [1.82, 2.24) is 14.9 Å². The van der Waals surface area contributed by atoms with E-state index in [1.54, 1.807) is 18.3 Å². The zero-order valence-electron chi connectivity index (χ0n) is 11.5. The minimum atomic E-state index is -0.448. The van der Waals surface area contributed by atoms with Gasteiger partial charge in [-0.25, -0.2) is 9.78 Å². The van der Waals surface area contributed by atoms with E-state index in [-0.39, 0.29) is 5.76 Å². The van der Waals surface area contributed by atoms with Crippen LogP contribution in [0.25, 0.3) is 0 Å². The van der Waals surface area contributed by atoms with E-state index in [9.17, 15) is 4.79 Å². The van der Waals surface area contributed by atoms with E-state index in [1.807, 2.05) is 12.5 Å². The van der Waals surface area contributed by atoms with Gasteiger partial charge in [0.05, 0.1) is 20.0 Å². The van der Waals surface area contributed by atoms with Gasteiger partial charge in [-0.1, -0.05) is 0 Å². The van der Waals surface area contributed by atoms with Crippen molar-refractivity contribution in [2.75, 3.05) is 13.7 Å². The lowest BCUT2D eigenvalue weighted by Gasteiger charge is -2.03. The minimum Gasteiger partial charge on any atom is -0.463 e. The van der Waals surface area contributed by atoms with Crippen LogP contribution in [0.3, 0.4) is 0 Å². The number of nitrogens with zero attached hydrogens (tertiary/aromatic N) is 2. The van der Waals surface area contributed by atoms with E-state index in [4.69, 9.17) is 4.42 Å². The van der Waals surface area contributed by atoms with Crippen LogP contribution in [0.15, 0.2) is 35.3 Å². The number of carbonyl (C=O) groups excluding carboxylic acids is 1. The molecule has 0 saturated carbocycles. The lowest BCUT2D eigenvalue weighted by Crippen LogP contribution is -2.14. The fourth-order valence-corrected chi connectivity index (χ4v) is 1.86. The second-order valence-electron chi connectivity index (χ2n) is 4.44. The average Bonchev–Trinajstić information content (AvgIpc) is 3.13. The molecule has 1 N–H and O–H groups in total. The third-order valence-electron chi connectivity index (χ3n) is 2.93. The number of aryl methyl sites for hydroxylation is 1. The van der Waals surface area contributed by atoms with Crippen LogP contribution in [0, 0.1) is 0 Å². The highest BCUT2D eigenvalue weighted by Gasteiger charge is 2.10. The first-order chi connectivity index (χ1) is 9.79. The molecule has 0 aliphatic carbocycles. The van der Waals surface area contributed by atoms with Crippen molar-refractivity contribution in [2.45, 2.75) is 25.9 Å². The molecule has 0 radical (unpaired) electrons. The van der Waals surface area contributed by atoms with Crippen LogP contribution in [0.5, 0.6) is 0 Å². The number of rotatable bonds is 8. The number of methoxy groups -OCH3 is 1. The highest BCUT2D eigenvalue weighted by atomic mass is 16.5. The maximum Gasteiger partial charge on any atom is 0.373 e. The highest BCUT2D eigenvalue weighted by molar-refractivity contribution is 5.86. The Hall–Kier alpha value is -2.08. The smallest absolute Gasteiger partial charge is 0.373 e. The van der Waals surface area contributed by atoms with Gasteiger partial charge in [0.15, 0.2) is 0 Å². The third kappa shape index (κ3) is 4.24. The molecule has 6 nitrogen and oxygen atoms in total. The summed E-state index contributed by atoms with van der Waals surface area (Å²) in [5, 5.41) is 3.28. The van der Waals surface area contributed by atoms with Crippen LogP contribution in [-0.2, 0) is 17.8 Å². The summed E-state index contributed by atoms with van der Waals surface area (Å²) in [4.78, 5) is 15.2. The molecule has 2 heterocycles. The van der Waals surface area contributed by atoms with E-state index in [0.717, 1.165) is 31.7 Å². The molecule has 108 valence electrons. The number of carbonyl (C=O) groups is 1. The fourth-order valence-electron chi connectivity index (χ4n) is 1.86. The van der Waals surface area contributed by atoms with E-state index in [0.29, 0.717) is 6.54 Å². The quantitative estimate of drug-likeness (QED) is 0.589. The van der Waals surface area contributed by atoms with E-state index >= 15 is 0 Å². The molecule has 0 atom stereocenters. The second kappa shape index (κ2) is 7.49. The van der Waals surface area contributed by atoms with E-state index in [1.165, 1.54) is 7.11 Å². The Morgan fingerprint density at radius 1 is 1.45 bits per heavy atom. The van der Waals surface area contributed by atoms with Crippen LogP contribution in [0.1, 0.15) is 29.2 Å². The summed E-state index contributed by atoms with van der Waals surface area (Å²) in [7, 11) is 1.34. The van der Waals surface area contributed by atoms with Crippen LogP contribution >= 0.6 is 0 Å². The number of hydrogen-bond donors (Lipinski definition) is 1. The van der Waals surface area contributed by atoms with E-state index in [2.05, 4.69) is 19.6 Å². The molecular weight excluding hydrogens is 258 g/mol. The molecule has 2 aromatic heterocycles. The number of imidazole rings is 1. The summed E-state index contributed by atoms with van der Waals surface area (Å²) in [6, 6.07) is 3.41. The fraction of sp³-hybridized carbons (Fsp3) is 0.429. The first-order valence-electron chi connectivity index (χ1n) is 6.63. The van der Waals surface area contributed by atoms with Gasteiger partial charge in [0.1, 0.15) is 5.76 Å². The summed E-state index contributed by atoms with van der Waals surface area (Å²) in [5.41, 5.74) is 0. The summed E-state index contributed by atoms with van der Waals surface area (Å²) >= 11 is 0. The number of hydrogen-bond acceptors (Lipinski definition) is 5. The largest absolute Gasteiger partial charge is 0.463 e. The molecule has 0 spiro atoms. The van der Waals surface area contributed by atoms with Crippen molar-refractivity contribution < 1.29 is 13.9 Å². The number of nitrogens with one attached hydrogen (secondary N) is 1. The first-order valence-corrected chi connectivity index (χ1v) is 6.63. The summed E-state index contributed by atoms with van der Waals surface area (Å²) in [5.74, 6) is 0.529. The van der Waals surface area contributed by atoms with Crippen LogP contribution < -0.4 is 5.32 Å². The maximum atomic E-state index is 11.2. The predicted molar refractivity (Wildman–Crippen MR) is 73.2 cm³/mol. The molecule has 0 unspecified atom stereocenters. The number of furan rings is 1. The van der Waals surface area contributed by atoms with Crippen molar-refractivity contribution in [3.8, 4) is 0 Å². The molecule has 0 aliphatic heterocycles. The molecule has 20 heavy (non-hydrogen) atoms. The molecule has 0 bridgehead atoms. The molecule has 0 aromatic carbocycles. The Balaban J connectivity index is 1.59. The van der Waals surface area contributed by atoms with Gasteiger partial charge in [0, 0.05) is 18.9 Å². The topological polar surface area (TPSA) is 69.3 Å². The lowest BCUT2D eigenvalue weighted by atomic mass is 10.3. The van der Waals surface area contributed by atoms with Gasteiger partial charge >= 0.3 is 5.97 Å². The third-order valence-corrected chi connectivity index (χ3v) is 2.93. The Bertz CT molecular complexity index is 520. The monoisotopic (exact) mass is 277 g/mol. The number of ether oxygens (including phenoxy) is 1. The maximum absolute atomic E-state index is 11.2. The number of aromatic nitrogens is 2. The molecular formula is C14H19N3O3. The minimum absolute atomic E-state index is 0.240. The summed E-state index contributed by atoms with van der Waals surface area (Å²) in [6.07, 6.45) is 7.74. The number of esters is 1. The second-order valence-corrected chi connectivity index (χ2v) is 4.44. The van der Waals surface area contributed by atoms with Gasteiger partial charge in [0.2, 0.25) is 5.76 Å². The van der Waals surface area contributed by atoms with Crippen molar-refractivity contribution >= 4 is 5.97 Å². The van der Waals surface area contributed by atoms with E-state index < -0.39 is 5.97 Å². The SMILES string of the molecule is COC(=O)c1ccc(CNCCCCn2ccnc2)o1.